The number of hydrogen-bond donors (Lipinski definition) is 2. The molecule has 1 heterocycles. The zero-order valence-corrected chi connectivity index (χ0v) is 15.2. The number of nitrogens with zero attached hydrogens (tertiary/aromatic N) is 2. The number of rotatable bonds is 6. The van der Waals surface area contributed by atoms with E-state index in [-0.39, 0.29) is 11.3 Å². The van der Waals surface area contributed by atoms with Crippen molar-refractivity contribution in [3.63, 3.8) is 0 Å². The Kier molecular flexibility index (Phi) is 6.69. The van der Waals surface area contributed by atoms with Crippen molar-refractivity contribution in [3.8, 4) is 0 Å². The molecule has 1 aromatic rings. The molecule has 0 saturated carbocycles. The first-order valence-electron chi connectivity index (χ1n) is 8.66. The summed E-state index contributed by atoms with van der Waals surface area (Å²) in [5.41, 5.74) is 0.226. The molecule has 146 valence electrons. The number of carbonyl (C=O) groups is 3. The van der Waals surface area contributed by atoms with Crippen LogP contribution in [0.4, 0.5) is 16.2 Å². The second kappa shape index (κ2) is 8.97. The number of benzene rings is 1. The first-order valence-corrected chi connectivity index (χ1v) is 8.66. The van der Waals surface area contributed by atoms with E-state index in [1.54, 1.807) is 6.92 Å². The summed E-state index contributed by atoms with van der Waals surface area (Å²) >= 11 is 0. The second-order valence-electron chi connectivity index (χ2n) is 6.05. The van der Waals surface area contributed by atoms with Crippen LogP contribution < -0.4 is 15.5 Å². The van der Waals surface area contributed by atoms with Gasteiger partial charge in [-0.3, -0.25) is 20.2 Å². The molecule has 1 aliphatic heterocycles. The van der Waals surface area contributed by atoms with Crippen LogP contribution in [-0.4, -0.2) is 48.6 Å². The lowest BCUT2D eigenvalue weighted by molar-refractivity contribution is -0.384. The van der Waals surface area contributed by atoms with Gasteiger partial charge in [-0.05, 0) is 38.8 Å². The molecule has 1 saturated heterocycles. The number of esters is 1. The third-order valence-electron chi connectivity index (χ3n) is 4.08. The van der Waals surface area contributed by atoms with E-state index in [1.807, 2.05) is 10.2 Å². The van der Waals surface area contributed by atoms with Gasteiger partial charge in [-0.25, -0.2) is 9.59 Å². The van der Waals surface area contributed by atoms with Gasteiger partial charge in [0.1, 0.15) is 5.69 Å². The van der Waals surface area contributed by atoms with Crippen LogP contribution in [-0.2, 0) is 9.53 Å². The summed E-state index contributed by atoms with van der Waals surface area (Å²) in [5, 5.41) is 15.8. The second-order valence-corrected chi connectivity index (χ2v) is 6.05. The predicted molar refractivity (Wildman–Crippen MR) is 96.6 cm³/mol. The third-order valence-corrected chi connectivity index (χ3v) is 4.08. The van der Waals surface area contributed by atoms with E-state index >= 15 is 0 Å². The number of hydrogen-bond acceptors (Lipinski definition) is 7. The fraction of sp³-hybridized carbons (Fsp3) is 0.471. The molecular formula is C17H22N4O6. The van der Waals surface area contributed by atoms with Crippen LogP contribution in [0.5, 0.6) is 0 Å². The van der Waals surface area contributed by atoms with Gasteiger partial charge >= 0.3 is 12.0 Å². The van der Waals surface area contributed by atoms with Crippen molar-refractivity contribution in [2.75, 3.05) is 24.5 Å². The molecule has 0 aromatic heterocycles. The van der Waals surface area contributed by atoms with Crippen molar-refractivity contribution in [2.45, 2.75) is 32.8 Å². The summed E-state index contributed by atoms with van der Waals surface area (Å²) in [6.45, 7) is 4.77. The lowest BCUT2D eigenvalue weighted by Gasteiger charge is -2.18. The minimum absolute atomic E-state index is 0.0395. The van der Waals surface area contributed by atoms with Crippen molar-refractivity contribution in [3.05, 3.63) is 33.9 Å². The standard InChI is InChI=1S/C17H22N4O6/c1-3-18-17(24)19-15(22)11(2)27-16(23)12-6-7-13(14(10-12)21(25)26)20-8-4-5-9-20/h6-7,10-11H,3-5,8-9H2,1-2H3,(H2,18,19,22,24). The van der Waals surface area contributed by atoms with Crippen LogP contribution in [0, 0.1) is 10.1 Å². The Morgan fingerprint density at radius 1 is 1.30 bits per heavy atom. The summed E-state index contributed by atoms with van der Waals surface area (Å²) in [7, 11) is 0. The van der Waals surface area contributed by atoms with Gasteiger partial charge in [0, 0.05) is 25.7 Å². The number of imide groups is 1. The predicted octanol–water partition coefficient (Wildman–Crippen LogP) is 1.59. The van der Waals surface area contributed by atoms with E-state index in [4.69, 9.17) is 4.74 Å². The minimum Gasteiger partial charge on any atom is -0.449 e. The molecule has 0 aliphatic carbocycles. The molecule has 27 heavy (non-hydrogen) atoms. The maximum absolute atomic E-state index is 12.2. The van der Waals surface area contributed by atoms with Crippen molar-refractivity contribution < 1.29 is 24.0 Å². The summed E-state index contributed by atoms with van der Waals surface area (Å²) in [5.74, 6) is -1.68. The zero-order chi connectivity index (χ0) is 20.0. The Labute approximate surface area is 156 Å². The highest BCUT2D eigenvalue weighted by Gasteiger charge is 2.26. The Morgan fingerprint density at radius 3 is 2.56 bits per heavy atom. The lowest BCUT2D eigenvalue weighted by Crippen LogP contribution is -2.44. The molecule has 2 N–H and O–H groups in total. The highest BCUT2D eigenvalue weighted by molar-refractivity contribution is 5.98. The molecule has 1 aliphatic rings. The monoisotopic (exact) mass is 378 g/mol. The summed E-state index contributed by atoms with van der Waals surface area (Å²) in [6, 6.07) is 3.39. The Balaban J connectivity index is 2.09. The van der Waals surface area contributed by atoms with Crippen LogP contribution >= 0.6 is 0 Å². The molecule has 0 radical (unpaired) electrons. The van der Waals surface area contributed by atoms with Gasteiger partial charge < -0.3 is 15.0 Å². The normalized spacial score (nSPS) is 14.4. The number of nitrogens with one attached hydrogen (secondary N) is 2. The fourth-order valence-corrected chi connectivity index (χ4v) is 2.72. The summed E-state index contributed by atoms with van der Waals surface area (Å²) < 4.78 is 5.01. The number of nitro benzene ring substituents is 1. The highest BCUT2D eigenvalue weighted by Crippen LogP contribution is 2.31. The SMILES string of the molecule is CCNC(=O)NC(=O)C(C)OC(=O)c1ccc(N2CCCC2)c([N+](=O)[O-])c1. The Hall–Kier alpha value is -3.17. The highest BCUT2D eigenvalue weighted by atomic mass is 16.6. The van der Waals surface area contributed by atoms with Crippen LogP contribution in [0.15, 0.2) is 18.2 Å². The molecule has 1 aromatic carbocycles. The average Bonchev–Trinajstić information content (AvgIpc) is 3.15. The number of urea groups is 1. The van der Waals surface area contributed by atoms with E-state index in [0.29, 0.717) is 12.2 Å². The van der Waals surface area contributed by atoms with Crippen molar-refractivity contribution in [1.82, 2.24) is 10.6 Å². The molecule has 1 atom stereocenters. The van der Waals surface area contributed by atoms with E-state index < -0.39 is 28.9 Å². The molecule has 10 nitrogen and oxygen atoms in total. The van der Waals surface area contributed by atoms with E-state index in [2.05, 4.69) is 5.32 Å². The molecule has 10 heteroatoms. The van der Waals surface area contributed by atoms with E-state index in [1.165, 1.54) is 19.1 Å². The van der Waals surface area contributed by atoms with Crippen LogP contribution in [0.25, 0.3) is 0 Å². The van der Waals surface area contributed by atoms with Crippen LogP contribution in [0.3, 0.4) is 0 Å². The number of amides is 3. The van der Waals surface area contributed by atoms with Gasteiger partial charge in [0.15, 0.2) is 6.10 Å². The maximum atomic E-state index is 12.2. The molecule has 1 unspecified atom stereocenters. The van der Waals surface area contributed by atoms with Crippen molar-refractivity contribution >= 4 is 29.3 Å². The van der Waals surface area contributed by atoms with Crippen molar-refractivity contribution in [1.29, 1.82) is 0 Å². The third kappa shape index (κ3) is 5.16. The zero-order valence-electron chi connectivity index (χ0n) is 15.2. The smallest absolute Gasteiger partial charge is 0.339 e. The van der Waals surface area contributed by atoms with Crippen LogP contribution in [0.1, 0.15) is 37.0 Å². The van der Waals surface area contributed by atoms with Crippen LogP contribution in [0.2, 0.25) is 0 Å². The largest absolute Gasteiger partial charge is 0.449 e. The number of anilines is 1. The quantitative estimate of drug-likeness (QED) is 0.436. The topological polar surface area (TPSA) is 131 Å². The molecule has 0 bridgehead atoms. The summed E-state index contributed by atoms with van der Waals surface area (Å²) in [4.78, 5) is 48.1. The average molecular weight is 378 g/mol. The lowest BCUT2D eigenvalue weighted by atomic mass is 10.1. The molecule has 0 spiro atoms. The van der Waals surface area contributed by atoms with E-state index in [9.17, 15) is 24.5 Å². The number of nitro groups is 1. The number of carbonyl (C=O) groups excluding carboxylic acids is 3. The first-order chi connectivity index (χ1) is 12.8. The first kappa shape index (κ1) is 20.1. The summed E-state index contributed by atoms with van der Waals surface area (Å²) in [6.07, 6.45) is 0.677. The molecule has 3 amide bonds. The molecular weight excluding hydrogens is 356 g/mol. The maximum Gasteiger partial charge on any atom is 0.339 e. The fourth-order valence-electron chi connectivity index (χ4n) is 2.72. The van der Waals surface area contributed by atoms with Gasteiger partial charge in [-0.1, -0.05) is 0 Å². The van der Waals surface area contributed by atoms with Gasteiger partial charge in [0.2, 0.25) is 0 Å². The minimum atomic E-state index is -1.24. The van der Waals surface area contributed by atoms with Gasteiger partial charge in [-0.15, -0.1) is 0 Å². The van der Waals surface area contributed by atoms with E-state index in [0.717, 1.165) is 32.0 Å². The Bertz CT molecular complexity index is 745. The molecule has 2 rings (SSSR count). The molecule has 1 fully saturated rings. The van der Waals surface area contributed by atoms with Crippen molar-refractivity contribution in [2.24, 2.45) is 0 Å². The number of ether oxygens (including phenoxy) is 1. The Morgan fingerprint density at radius 2 is 1.96 bits per heavy atom. The van der Waals surface area contributed by atoms with Gasteiger partial charge in [-0.2, -0.15) is 0 Å². The van der Waals surface area contributed by atoms with Gasteiger partial charge in [0.05, 0.1) is 10.5 Å². The van der Waals surface area contributed by atoms with Gasteiger partial charge in [0.25, 0.3) is 11.6 Å².